The maximum atomic E-state index is 10.9. The highest BCUT2D eigenvalue weighted by Crippen LogP contribution is 2.29. The first-order chi connectivity index (χ1) is 35.7. The first kappa shape index (κ1) is 52.6. The van der Waals surface area contributed by atoms with E-state index in [0.717, 1.165) is 126 Å². The maximum Gasteiger partial charge on any atom is 0.219 e. The largest absolute Gasteiger partial charge is 0.439 e. The second-order valence-corrected chi connectivity index (χ2v) is 25.4. The number of hydrogen-bond donors (Lipinski definition) is 2. The Balaban J connectivity index is 0.000000183. The van der Waals surface area contributed by atoms with Gasteiger partial charge in [-0.05, 0) is 142 Å². The van der Waals surface area contributed by atoms with Crippen molar-refractivity contribution in [1.29, 1.82) is 0 Å². The topological polar surface area (TPSA) is 187 Å². The molecule has 384 valence electrons. The number of fused-ring (bicyclic) bond motifs is 2. The Bertz CT molecular complexity index is 2920. The lowest BCUT2D eigenvalue weighted by Gasteiger charge is -2.21. The molecule has 0 spiro atoms. The summed E-state index contributed by atoms with van der Waals surface area (Å²) in [6.45, 7) is 12.8. The predicted molar refractivity (Wildman–Crippen MR) is 291 cm³/mol. The minimum Gasteiger partial charge on any atom is -0.439 e. The van der Waals surface area contributed by atoms with Crippen LogP contribution in [-0.2, 0) is 27.4 Å². The highest BCUT2D eigenvalue weighted by molar-refractivity contribution is 6.76. The van der Waals surface area contributed by atoms with Gasteiger partial charge in [-0.25, -0.2) is 19.6 Å². The van der Waals surface area contributed by atoms with Gasteiger partial charge >= 0.3 is 0 Å². The second kappa shape index (κ2) is 26.8. The Morgan fingerprint density at radius 3 is 1.97 bits per heavy atom. The van der Waals surface area contributed by atoms with Gasteiger partial charge in [-0.15, -0.1) is 0 Å². The quantitative estimate of drug-likeness (QED) is 0.0443. The molecule has 2 aromatic carbocycles. The number of aryl methyl sites for hydroxylation is 1. The van der Waals surface area contributed by atoms with Crippen LogP contribution >= 0.6 is 0 Å². The van der Waals surface area contributed by atoms with Gasteiger partial charge in [-0.2, -0.15) is 10.2 Å². The molecule has 8 aromatic rings. The number of H-pyrrole nitrogens is 1. The van der Waals surface area contributed by atoms with E-state index in [9.17, 15) is 4.79 Å². The number of pyridine rings is 4. The third-order valence-electron chi connectivity index (χ3n) is 13.0. The zero-order chi connectivity index (χ0) is 50.7. The van der Waals surface area contributed by atoms with Crippen molar-refractivity contribution in [2.24, 2.45) is 17.6 Å². The lowest BCUT2D eigenvalue weighted by atomic mass is 9.93. The lowest BCUT2D eigenvalue weighted by molar-refractivity contribution is 0.0631. The summed E-state index contributed by atoms with van der Waals surface area (Å²) in [7, 11) is -1.11. The van der Waals surface area contributed by atoms with Crippen LogP contribution in [0.2, 0.25) is 25.7 Å². The molecule has 2 saturated heterocycles. The molecule has 3 N–H and O–H groups in total. The number of carbonyl (C=O) groups excluding carboxylic acids is 1. The van der Waals surface area contributed by atoms with Gasteiger partial charge in [0.05, 0.1) is 22.4 Å². The van der Waals surface area contributed by atoms with Crippen molar-refractivity contribution in [2.45, 2.75) is 90.2 Å². The first-order valence-corrected chi connectivity index (χ1v) is 29.4. The summed E-state index contributed by atoms with van der Waals surface area (Å²) in [6, 6.07) is 31.9. The molecule has 0 radical (unpaired) electrons. The molecule has 0 amide bonds. The molecule has 6 aromatic heterocycles. The van der Waals surface area contributed by atoms with E-state index in [1.165, 1.54) is 51.4 Å². The SMILES string of the molecule is C[Si](C)(C)CCOCn1nccc1-c1ccc(Oc2ccc3nc(C=O)ccc3c2)nc1.NCCC1CCOCC1.[2HH].c1cc(-c2ccc(Oc3ccc4nc(CCCCC5CCOCC5)ccc4c3)nc2)[nH]n1. The molecule has 2 fully saturated rings. The number of rotatable bonds is 19. The molecule has 0 bridgehead atoms. The summed E-state index contributed by atoms with van der Waals surface area (Å²) in [6.07, 6.45) is 18.6. The summed E-state index contributed by atoms with van der Waals surface area (Å²) >= 11 is 0. The molecule has 0 aliphatic carbocycles. The van der Waals surface area contributed by atoms with Crippen LogP contribution in [-0.4, -0.2) is 93.9 Å². The first-order valence-electron chi connectivity index (χ1n) is 25.7. The van der Waals surface area contributed by atoms with Gasteiger partial charge in [-0.3, -0.25) is 14.9 Å². The lowest BCUT2D eigenvalue weighted by Crippen LogP contribution is -2.22. The third-order valence-corrected chi connectivity index (χ3v) is 14.7. The zero-order valence-electron chi connectivity index (χ0n) is 42.5. The van der Waals surface area contributed by atoms with Crippen molar-refractivity contribution >= 4 is 36.2 Å². The number of benzene rings is 2. The van der Waals surface area contributed by atoms with E-state index in [2.05, 4.69) is 62.0 Å². The van der Waals surface area contributed by atoms with Crippen LogP contribution < -0.4 is 15.2 Å². The van der Waals surface area contributed by atoms with Gasteiger partial charge < -0.3 is 29.4 Å². The Hall–Kier alpha value is -6.69. The van der Waals surface area contributed by atoms with E-state index in [-0.39, 0.29) is 1.43 Å². The summed E-state index contributed by atoms with van der Waals surface area (Å²) in [5.41, 5.74) is 12.5. The van der Waals surface area contributed by atoms with Crippen molar-refractivity contribution in [2.75, 3.05) is 39.6 Å². The number of aldehydes is 1. The monoisotopic (exact) mass is 1010 g/mol. The Kier molecular flexibility index (Phi) is 19.3. The fourth-order valence-electron chi connectivity index (χ4n) is 8.70. The molecule has 15 nitrogen and oxygen atoms in total. The molecule has 8 heterocycles. The van der Waals surface area contributed by atoms with E-state index >= 15 is 0 Å². The molecule has 0 unspecified atom stereocenters. The smallest absolute Gasteiger partial charge is 0.219 e. The fraction of sp³-hybridized carbons (Fsp3) is 0.386. The van der Waals surface area contributed by atoms with Gasteiger partial charge in [0.1, 0.15) is 23.9 Å². The summed E-state index contributed by atoms with van der Waals surface area (Å²) in [5, 5.41) is 13.2. The molecule has 0 atom stereocenters. The minimum atomic E-state index is -1.11. The van der Waals surface area contributed by atoms with Crippen LogP contribution in [0.3, 0.4) is 0 Å². The fourth-order valence-corrected chi connectivity index (χ4v) is 9.46. The van der Waals surface area contributed by atoms with Crippen molar-refractivity contribution in [3.8, 4) is 45.8 Å². The molecule has 0 saturated carbocycles. The van der Waals surface area contributed by atoms with Crippen LogP contribution in [0.15, 0.2) is 122 Å². The molecule has 2 aliphatic rings. The van der Waals surface area contributed by atoms with Crippen molar-refractivity contribution < 1.29 is 29.9 Å². The van der Waals surface area contributed by atoms with Crippen LogP contribution in [0, 0.1) is 11.8 Å². The number of aromatic amines is 1. The summed E-state index contributed by atoms with van der Waals surface area (Å²) in [4.78, 5) is 28.9. The normalized spacial score (nSPS) is 14.2. The molecular formula is C57H71N9O6Si. The van der Waals surface area contributed by atoms with Crippen LogP contribution in [0.4, 0.5) is 0 Å². The zero-order valence-corrected chi connectivity index (χ0v) is 43.5. The predicted octanol–water partition coefficient (Wildman–Crippen LogP) is 12.4. The van der Waals surface area contributed by atoms with E-state index in [4.69, 9.17) is 34.4 Å². The number of nitrogens with two attached hydrogens (primary N) is 1. The average Bonchev–Trinajstić information content (AvgIpc) is 4.14. The Morgan fingerprint density at radius 1 is 0.726 bits per heavy atom. The Morgan fingerprint density at radius 2 is 1.37 bits per heavy atom. The maximum absolute atomic E-state index is 10.9. The average molecular weight is 1010 g/mol. The van der Waals surface area contributed by atoms with Gasteiger partial charge in [0.25, 0.3) is 0 Å². The molecular weight excluding hydrogens is 935 g/mol. The van der Waals surface area contributed by atoms with E-state index in [1.54, 1.807) is 30.9 Å². The van der Waals surface area contributed by atoms with Crippen molar-refractivity contribution in [3.05, 3.63) is 133 Å². The molecule has 10 rings (SSSR count). The number of carbonyl (C=O) groups is 1. The number of unbranched alkanes of at least 4 members (excludes halogenated alkanes) is 1. The van der Waals surface area contributed by atoms with Crippen LogP contribution in [0.1, 0.15) is 69.0 Å². The number of nitrogens with one attached hydrogen (secondary N) is 1. The standard InChI is InChI=1S/C26H28N4O2.C24H26N4O3Si.C7H15NO.H2/c1(3-19-12-15-31-16-13-19)2-4-22-7-5-20-17-23(8-9-24(20)29-22)32-26-10-6-21(18-27-26)25-11-14-28-30-25;1-32(2,3)13-12-30-17-28-23(10-11-26-28)19-5-9-24(25-15-19)31-21-7-8-22-18(14-21)4-6-20(16-29)27-22;8-4-1-7-2-5-9-6-3-7;/h5-11,14,17-19H,1-4,12-13,15-16H2,(H,28,30);4-11,14-16H,12-13,17H2,1-3H3;7H,1-6,8H2;1H/i;;;1+1. The number of aromatic nitrogens is 8. The third kappa shape index (κ3) is 16.4. The number of hydrogen-bond acceptors (Lipinski definition) is 13. The highest BCUT2D eigenvalue weighted by atomic mass is 28.3. The van der Waals surface area contributed by atoms with Gasteiger partial charge in [0, 0.05) is 107 Å². The van der Waals surface area contributed by atoms with E-state index in [1.807, 2.05) is 83.5 Å². The highest BCUT2D eigenvalue weighted by Gasteiger charge is 2.15. The van der Waals surface area contributed by atoms with Gasteiger partial charge in [-0.1, -0.05) is 44.6 Å². The van der Waals surface area contributed by atoms with Crippen molar-refractivity contribution in [3.63, 3.8) is 0 Å². The van der Waals surface area contributed by atoms with E-state index in [0.29, 0.717) is 29.9 Å². The molecule has 2 aliphatic heterocycles. The van der Waals surface area contributed by atoms with Crippen molar-refractivity contribution in [1.82, 2.24) is 39.9 Å². The molecule has 16 heteroatoms. The summed E-state index contributed by atoms with van der Waals surface area (Å²) in [5.74, 6) is 4.15. The minimum absolute atomic E-state index is 0. The second-order valence-electron chi connectivity index (χ2n) is 19.8. The molecule has 73 heavy (non-hydrogen) atoms. The summed E-state index contributed by atoms with van der Waals surface area (Å²) < 4.78 is 30.2. The number of nitrogens with zero attached hydrogens (tertiary/aromatic N) is 7. The number of ether oxygens (including phenoxy) is 5. The van der Waals surface area contributed by atoms with Crippen LogP contribution in [0.5, 0.6) is 23.3 Å². The Labute approximate surface area is 430 Å². The van der Waals surface area contributed by atoms with E-state index < -0.39 is 8.07 Å². The van der Waals surface area contributed by atoms with Gasteiger partial charge in [0.15, 0.2) is 6.29 Å². The van der Waals surface area contributed by atoms with Gasteiger partial charge in [0.2, 0.25) is 11.8 Å². The van der Waals surface area contributed by atoms with Crippen LogP contribution in [0.25, 0.3) is 44.3 Å².